The van der Waals surface area contributed by atoms with E-state index >= 15 is 0 Å². The number of methoxy groups -OCH3 is 1. The Balaban J connectivity index is 1.64. The maximum absolute atomic E-state index is 11.4. The summed E-state index contributed by atoms with van der Waals surface area (Å²) in [6.07, 6.45) is 0.617. The molecule has 3 rings (SSSR count). The fourth-order valence-electron chi connectivity index (χ4n) is 3.33. The van der Waals surface area contributed by atoms with E-state index in [1.807, 2.05) is 25.1 Å². The maximum Gasteiger partial charge on any atom is 0.453 e. The summed E-state index contributed by atoms with van der Waals surface area (Å²) in [6, 6.07) is 12.0. The van der Waals surface area contributed by atoms with Crippen LogP contribution >= 0.6 is 0 Å². The highest BCUT2D eigenvalue weighted by molar-refractivity contribution is 6.01. The standard InChI is InChI=1S/C22H25NO8/c1-3-15(23-12-17(24)14-5-4-6-16(11-14)29-2)9-13-7-8-18-19(10-13)31-22(30-18,20(25)26)21(27)28/h4-8,10-11,15,17,23-24H,3,9,12H2,1-2H3,(H,25,26)(H,27,28). The van der Waals surface area contributed by atoms with Crippen LogP contribution < -0.4 is 19.5 Å². The molecule has 2 aromatic carbocycles. The normalized spacial score (nSPS) is 15.8. The molecule has 166 valence electrons. The molecule has 0 amide bonds. The number of hydrogen-bond acceptors (Lipinski definition) is 7. The van der Waals surface area contributed by atoms with Crippen LogP contribution in [0.3, 0.4) is 0 Å². The summed E-state index contributed by atoms with van der Waals surface area (Å²) in [5, 5.41) is 32.3. The molecule has 9 nitrogen and oxygen atoms in total. The molecule has 9 heteroatoms. The van der Waals surface area contributed by atoms with Gasteiger partial charge in [-0.1, -0.05) is 25.1 Å². The first-order valence-electron chi connectivity index (χ1n) is 9.82. The number of carboxylic acid groups (broad SMARTS) is 2. The quantitative estimate of drug-likeness (QED) is 0.417. The zero-order valence-corrected chi connectivity index (χ0v) is 17.2. The number of carbonyl (C=O) groups is 2. The molecular formula is C22H25NO8. The zero-order chi connectivity index (χ0) is 22.6. The van der Waals surface area contributed by atoms with E-state index < -0.39 is 23.8 Å². The number of rotatable bonds is 10. The minimum atomic E-state index is -2.77. The van der Waals surface area contributed by atoms with E-state index in [1.54, 1.807) is 25.3 Å². The highest BCUT2D eigenvalue weighted by Crippen LogP contribution is 2.40. The minimum Gasteiger partial charge on any atom is -0.497 e. The first-order valence-corrected chi connectivity index (χ1v) is 9.82. The van der Waals surface area contributed by atoms with Crippen molar-refractivity contribution >= 4 is 11.9 Å². The summed E-state index contributed by atoms with van der Waals surface area (Å²) < 4.78 is 15.4. The van der Waals surface area contributed by atoms with Crippen molar-refractivity contribution in [2.24, 2.45) is 0 Å². The van der Waals surface area contributed by atoms with E-state index in [-0.39, 0.29) is 17.5 Å². The molecule has 0 bridgehead atoms. The van der Waals surface area contributed by atoms with Crippen LogP contribution in [0.4, 0.5) is 0 Å². The highest BCUT2D eigenvalue weighted by atomic mass is 16.8. The largest absolute Gasteiger partial charge is 0.497 e. The molecule has 1 aliphatic rings. The van der Waals surface area contributed by atoms with Crippen LogP contribution in [0.5, 0.6) is 17.2 Å². The Morgan fingerprint density at radius 3 is 2.45 bits per heavy atom. The molecule has 0 aromatic heterocycles. The van der Waals surface area contributed by atoms with Gasteiger partial charge in [-0.2, -0.15) is 0 Å². The zero-order valence-electron chi connectivity index (χ0n) is 17.2. The van der Waals surface area contributed by atoms with E-state index in [1.165, 1.54) is 6.07 Å². The predicted octanol–water partition coefficient (Wildman–Crippen LogP) is 1.98. The van der Waals surface area contributed by atoms with Gasteiger partial charge in [0.15, 0.2) is 11.5 Å². The fourth-order valence-corrected chi connectivity index (χ4v) is 3.33. The van der Waals surface area contributed by atoms with Crippen molar-refractivity contribution in [2.75, 3.05) is 13.7 Å². The maximum atomic E-state index is 11.4. The Kier molecular flexibility index (Phi) is 6.67. The molecule has 0 saturated carbocycles. The fraction of sp³-hybridized carbons (Fsp3) is 0.364. The summed E-state index contributed by atoms with van der Waals surface area (Å²) in [6.45, 7) is 2.33. The molecule has 0 radical (unpaired) electrons. The molecular weight excluding hydrogens is 406 g/mol. The van der Waals surface area contributed by atoms with Gasteiger partial charge in [-0.15, -0.1) is 0 Å². The van der Waals surface area contributed by atoms with Gasteiger partial charge < -0.3 is 34.8 Å². The summed E-state index contributed by atoms with van der Waals surface area (Å²) in [7, 11) is 1.57. The second-order valence-corrected chi connectivity index (χ2v) is 7.22. The lowest BCUT2D eigenvalue weighted by molar-refractivity contribution is -0.194. The van der Waals surface area contributed by atoms with Crippen molar-refractivity contribution in [3.8, 4) is 17.2 Å². The van der Waals surface area contributed by atoms with E-state index in [2.05, 4.69) is 5.32 Å². The predicted molar refractivity (Wildman–Crippen MR) is 109 cm³/mol. The Hall–Kier alpha value is -3.30. The molecule has 31 heavy (non-hydrogen) atoms. The third-order valence-corrected chi connectivity index (χ3v) is 5.13. The van der Waals surface area contributed by atoms with Crippen molar-refractivity contribution in [1.82, 2.24) is 5.32 Å². The Morgan fingerprint density at radius 1 is 1.10 bits per heavy atom. The van der Waals surface area contributed by atoms with Crippen molar-refractivity contribution in [3.63, 3.8) is 0 Å². The van der Waals surface area contributed by atoms with Gasteiger partial charge in [-0.25, -0.2) is 9.59 Å². The molecule has 2 unspecified atom stereocenters. The third kappa shape index (κ3) is 4.73. The van der Waals surface area contributed by atoms with Crippen molar-refractivity contribution in [1.29, 1.82) is 0 Å². The second kappa shape index (κ2) is 9.23. The van der Waals surface area contributed by atoms with Gasteiger partial charge in [-0.3, -0.25) is 0 Å². The van der Waals surface area contributed by atoms with E-state index in [9.17, 15) is 24.9 Å². The average molecular weight is 431 g/mol. The topological polar surface area (TPSA) is 135 Å². The van der Waals surface area contributed by atoms with Gasteiger partial charge >= 0.3 is 17.7 Å². The minimum absolute atomic E-state index is 0.0179. The lowest BCUT2D eigenvalue weighted by Gasteiger charge is -2.20. The average Bonchev–Trinajstić information content (AvgIpc) is 3.17. The van der Waals surface area contributed by atoms with Gasteiger partial charge in [0.1, 0.15) is 5.75 Å². The summed E-state index contributed by atoms with van der Waals surface area (Å²) in [5.41, 5.74) is 1.55. The first-order chi connectivity index (χ1) is 14.8. The van der Waals surface area contributed by atoms with Crippen LogP contribution in [-0.4, -0.2) is 52.7 Å². The lowest BCUT2D eigenvalue weighted by Crippen LogP contribution is -2.54. The van der Waals surface area contributed by atoms with Crippen molar-refractivity contribution in [3.05, 3.63) is 53.6 Å². The number of hydrogen-bond donors (Lipinski definition) is 4. The number of nitrogens with one attached hydrogen (secondary N) is 1. The number of aliphatic hydroxyl groups excluding tert-OH is 1. The van der Waals surface area contributed by atoms with E-state index in [0.29, 0.717) is 18.7 Å². The van der Waals surface area contributed by atoms with Crippen LogP contribution in [-0.2, 0) is 16.0 Å². The summed E-state index contributed by atoms with van der Waals surface area (Å²) >= 11 is 0. The van der Waals surface area contributed by atoms with E-state index in [0.717, 1.165) is 17.5 Å². The molecule has 1 aliphatic heterocycles. The van der Waals surface area contributed by atoms with Gasteiger partial charge in [0.25, 0.3) is 0 Å². The van der Waals surface area contributed by atoms with Crippen LogP contribution in [0.25, 0.3) is 0 Å². The van der Waals surface area contributed by atoms with Crippen LogP contribution in [0.2, 0.25) is 0 Å². The Labute approximate surface area is 179 Å². The third-order valence-electron chi connectivity index (χ3n) is 5.13. The molecule has 0 aliphatic carbocycles. The summed E-state index contributed by atoms with van der Waals surface area (Å²) in [4.78, 5) is 22.8. The molecule has 0 saturated heterocycles. The Bertz CT molecular complexity index is 946. The van der Waals surface area contributed by atoms with E-state index in [4.69, 9.17) is 14.2 Å². The molecule has 2 atom stereocenters. The van der Waals surface area contributed by atoms with Crippen molar-refractivity contribution in [2.45, 2.75) is 37.7 Å². The SMILES string of the molecule is CCC(Cc1ccc2c(c1)OC(C(=O)O)(C(=O)O)O2)NCC(O)c1cccc(OC)c1. The number of aliphatic hydroxyl groups is 1. The van der Waals surface area contributed by atoms with Crippen LogP contribution in [0.1, 0.15) is 30.6 Å². The van der Waals surface area contributed by atoms with Gasteiger partial charge in [0, 0.05) is 12.6 Å². The number of carboxylic acids is 2. The molecule has 0 spiro atoms. The Morgan fingerprint density at radius 2 is 1.81 bits per heavy atom. The molecule has 1 heterocycles. The first kappa shape index (κ1) is 22.4. The number of ether oxygens (including phenoxy) is 3. The van der Waals surface area contributed by atoms with Crippen LogP contribution in [0, 0.1) is 0 Å². The smallest absolute Gasteiger partial charge is 0.453 e. The molecule has 2 aromatic rings. The summed E-state index contributed by atoms with van der Waals surface area (Å²) in [5.74, 6) is -5.46. The van der Waals surface area contributed by atoms with Crippen LogP contribution in [0.15, 0.2) is 42.5 Å². The van der Waals surface area contributed by atoms with Gasteiger partial charge in [-0.05, 0) is 48.2 Å². The van der Waals surface area contributed by atoms with Gasteiger partial charge in [0.2, 0.25) is 0 Å². The van der Waals surface area contributed by atoms with Crippen molar-refractivity contribution < 1.29 is 39.1 Å². The van der Waals surface area contributed by atoms with Gasteiger partial charge in [0.05, 0.1) is 13.2 Å². The number of benzene rings is 2. The second-order valence-electron chi connectivity index (χ2n) is 7.22. The highest BCUT2D eigenvalue weighted by Gasteiger charge is 2.57. The number of fused-ring (bicyclic) bond motifs is 1. The lowest BCUT2D eigenvalue weighted by atomic mass is 10.0. The molecule has 0 fully saturated rings. The number of aliphatic carboxylic acids is 2. The monoisotopic (exact) mass is 431 g/mol. The molecule has 4 N–H and O–H groups in total.